The van der Waals surface area contributed by atoms with Gasteiger partial charge in [-0.2, -0.15) is 11.8 Å². The number of rotatable bonds is 5. The Hall–Kier alpha value is -1.78. The molecule has 1 fully saturated rings. The van der Waals surface area contributed by atoms with Gasteiger partial charge in [0.05, 0.1) is 0 Å². The summed E-state index contributed by atoms with van der Waals surface area (Å²) in [5.41, 5.74) is 1.82. The fourth-order valence-corrected chi connectivity index (χ4v) is 4.75. The first-order chi connectivity index (χ1) is 12.6. The molecule has 0 radical (unpaired) electrons. The van der Waals surface area contributed by atoms with Crippen molar-refractivity contribution in [2.24, 2.45) is 0 Å². The number of carbonyl (C=O) groups excluding carboxylic acids is 2. The van der Waals surface area contributed by atoms with Crippen molar-refractivity contribution in [3.63, 3.8) is 0 Å². The summed E-state index contributed by atoms with van der Waals surface area (Å²) in [6.07, 6.45) is 1.42. The van der Waals surface area contributed by atoms with Crippen LogP contribution in [0.25, 0.3) is 0 Å². The molecule has 1 aliphatic heterocycles. The molecule has 1 atom stereocenters. The van der Waals surface area contributed by atoms with E-state index in [1.54, 1.807) is 12.1 Å². The number of hydrogen-bond acceptors (Lipinski definition) is 3. The third kappa shape index (κ3) is 4.89. The first-order valence-electron chi connectivity index (χ1n) is 8.87. The van der Waals surface area contributed by atoms with E-state index < -0.39 is 0 Å². The average molecular weight is 388 g/mol. The van der Waals surface area contributed by atoms with E-state index in [1.807, 2.05) is 53.1 Å². The van der Waals surface area contributed by atoms with Gasteiger partial charge in [0.15, 0.2) is 5.78 Å². The highest BCUT2D eigenvalue weighted by Gasteiger charge is 2.23. The van der Waals surface area contributed by atoms with Crippen LogP contribution in [0, 0.1) is 0 Å². The molecular formula is C21H22ClNO2S. The van der Waals surface area contributed by atoms with Gasteiger partial charge in [0.25, 0.3) is 0 Å². The molecule has 2 aromatic rings. The van der Waals surface area contributed by atoms with E-state index in [0.29, 0.717) is 17.4 Å². The van der Waals surface area contributed by atoms with Crippen molar-refractivity contribution in [1.82, 2.24) is 4.90 Å². The highest BCUT2D eigenvalue weighted by atomic mass is 35.5. The van der Waals surface area contributed by atoms with Gasteiger partial charge < -0.3 is 4.90 Å². The Labute approximate surface area is 163 Å². The van der Waals surface area contributed by atoms with Crippen LogP contribution >= 0.6 is 23.4 Å². The molecule has 2 aromatic carbocycles. The molecule has 1 aliphatic rings. The predicted octanol–water partition coefficient (Wildman–Crippen LogP) is 5.01. The van der Waals surface area contributed by atoms with Crippen LogP contribution in [0.4, 0.5) is 0 Å². The molecule has 1 saturated heterocycles. The van der Waals surface area contributed by atoms with Crippen LogP contribution < -0.4 is 0 Å². The van der Waals surface area contributed by atoms with Gasteiger partial charge in [-0.3, -0.25) is 9.59 Å². The van der Waals surface area contributed by atoms with Gasteiger partial charge in [0.2, 0.25) is 5.91 Å². The van der Waals surface area contributed by atoms with Crippen molar-refractivity contribution in [1.29, 1.82) is 0 Å². The lowest BCUT2D eigenvalue weighted by atomic mass is 10.1. The van der Waals surface area contributed by atoms with Gasteiger partial charge in [0.1, 0.15) is 0 Å². The molecular weight excluding hydrogens is 366 g/mol. The summed E-state index contributed by atoms with van der Waals surface area (Å²) in [6.45, 7) is 1.44. The number of hydrogen-bond donors (Lipinski definition) is 0. The number of ketones is 1. The normalized spacial score (nSPS) is 17.6. The maximum atomic E-state index is 12.5. The van der Waals surface area contributed by atoms with E-state index in [2.05, 4.69) is 6.07 Å². The lowest BCUT2D eigenvalue weighted by Gasteiger charge is -2.20. The molecule has 0 saturated carbocycles. The average Bonchev–Trinajstić information content (AvgIpc) is 2.93. The highest BCUT2D eigenvalue weighted by molar-refractivity contribution is 7.99. The Morgan fingerprint density at radius 2 is 1.73 bits per heavy atom. The molecule has 0 spiro atoms. The largest absolute Gasteiger partial charge is 0.342 e. The number of carbonyl (C=O) groups is 2. The number of Topliss-reactive ketones (excluding diaryl/α,β-unsaturated/α-hetero) is 1. The van der Waals surface area contributed by atoms with E-state index >= 15 is 0 Å². The van der Waals surface area contributed by atoms with Crippen LogP contribution in [0.2, 0.25) is 5.02 Å². The van der Waals surface area contributed by atoms with E-state index in [4.69, 9.17) is 11.6 Å². The van der Waals surface area contributed by atoms with Crippen LogP contribution in [0.1, 0.15) is 40.4 Å². The maximum absolute atomic E-state index is 12.5. The standard InChI is InChI=1S/C21H22ClNO2S/c22-18-9-5-4-8-17(18)20-12-13-23(14-15-26-20)21(25)11-10-19(24)16-6-2-1-3-7-16/h1-9,20H,10-15H2. The molecule has 0 bridgehead atoms. The maximum Gasteiger partial charge on any atom is 0.223 e. The summed E-state index contributed by atoms with van der Waals surface area (Å²) in [5, 5.41) is 1.10. The minimum atomic E-state index is 0.0251. The van der Waals surface area contributed by atoms with Crippen molar-refractivity contribution in [2.75, 3.05) is 18.8 Å². The Morgan fingerprint density at radius 3 is 2.50 bits per heavy atom. The smallest absolute Gasteiger partial charge is 0.223 e. The zero-order valence-electron chi connectivity index (χ0n) is 14.6. The molecule has 5 heteroatoms. The molecule has 26 heavy (non-hydrogen) atoms. The van der Waals surface area contributed by atoms with Crippen LogP contribution in [-0.4, -0.2) is 35.4 Å². The molecule has 3 rings (SSSR count). The van der Waals surface area contributed by atoms with Gasteiger partial charge in [0, 0.05) is 47.5 Å². The van der Waals surface area contributed by atoms with Gasteiger partial charge in [-0.25, -0.2) is 0 Å². The molecule has 1 amide bonds. The molecule has 136 valence electrons. The molecule has 1 heterocycles. The van der Waals surface area contributed by atoms with Crippen LogP contribution in [0.5, 0.6) is 0 Å². The SMILES string of the molecule is O=C(CCC(=O)N1CCSC(c2ccccc2Cl)CC1)c1ccccc1. The Morgan fingerprint density at radius 1 is 1.00 bits per heavy atom. The second-order valence-corrected chi connectivity index (χ2v) is 8.06. The summed E-state index contributed by atoms with van der Waals surface area (Å²) in [6, 6.07) is 17.1. The summed E-state index contributed by atoms with van der Waals surface area (Å²) >= 11 is 8.17. The van der Waals surface area contributed by atoms with E-state index in [9.17, 15) is 9.59 Å². The molecule has 0 aromatic heterocycles. The van der Waals surface area contributed by atoms with Gasteiger partial charge in [-0.05, 0) is 18.1 Å². The van der Waals surface area contributed by atoms with E-state index in [-0.39, 0.29) is 24.5 Å². The number of thioether (sulfide) groups is 1. The molecule has 1 unspecified atom stereocenters. The van der Waals surface area contributed by atoms with Crippen molar-refractivity contribution < 1.29 is 9.59 Å². The second kappa shape index (κ2) is 9.24. The van der Waals surface area contributed by atoms with E-state index in [0.717, 1.165) is 29.3 Å². The zero-order chi connectivity index (χ0) is 18.4. The zero-order valence-corrected chi connectivity index (χ0v) is 16.1. The minimum Gasteiger partial charge on any atom is -0.342 e. The van der Waals surface area contributed by atoms with Crippen LogP contribution in [0.3, 0.4) is 0 Å². The quantitative estimate of drug-likeness (QED) is 0.677. The van der Waals surface area contributed by atoms with Crippen molar-refractivity contribution in [2.45, 2.75) is 24.5 Å². The predicted molar refractivity (Wildman–Crippen MR) is 108 cm³/mol. The van der Waals surface area contributed by atoms with Crippen LogP contribution in [-0.2, 0) is 4.79 Å². The number of halogens is 1. The van der Waals surface area contributed by atoms with Gasteiger partial charge in [-0.1, -0.05) is 60.1 Å². The highest BCUT2D eigenvalue weighted by Crippen LogP contribution is 2.37. The van der Waals surface area contributed by atoms with Crippen molar-refractivity contribution >= 4 is 35.1 Å². The molecule has 3 nitrogen and oxygen atoms in total. The molecule has 0 aliphatic carbocycles. The van der Waals surface area contributed by atoms with Crippen molar-refractivity contribution in [3.05, 3.63) is 70.7 Å². The summed E-state index contributed by atoms with van der Waals surface area (Å²) in [4.78, 5) is 26.6. The van der Waals surface area contributed by atoms with Crippen LogP contribution in [0.15, 0.2) is 54.6 Å². The van der Waals surface area contributed by atoms with E-state index in [1.165, 1.54) is 0 Å². The first kappa shape index (κ1) is 19.0. The minimum absolute atomic E-state index is 0.0251. The Balaban J connectivity index is 1.53. The van der Waals surface area contributed by atoms with Crippen molar-refractivity contribution in [3.8, 4) is 0 Å². The lowest BCUT2D eigenvalue weighted by molar-refractivity contribution is -0.130. The number of benzene rings is 2. The summed E-state index contributed by atoms with van der Waals surface area (Å²) < 4.78 is 0. The monoisotopic (exact) mass is 387 g/mol. The fraction of sp³-hybridized carbons (Fsp3) is 0.333. The summed E-state index contributed by atoms with van der Waals surface area (Å²) in [7, 11) is 0. The Bertz CT molecular complexity index is 766. The number of nitrogens with zero attached hydrogens (tertiary/aromatic N) is 1. The van der Waals surface area contributed by atoms with Gasteiger partial charge in [-0.15, -0.1) is 0 Å². The third-order valence-electron chi connectivity index (χ3n) is 4.61. The molecule has 0 N–H and O–H groups in total. The third-order valence-corrected chi connectivity index (χ3v) is 6.26. The van der Waals surface area contributed by atoms with Gasteiger partial charge >= 0.3 is 0 Å². The summed E-state index contributed by atoms with van der Waals surface area (Å²) in [5.74, 6) is 0.973. The second-order valence-electron chi connectivity index (χ2n) is 6.34. The fourth-order valence-electron chi connectivity index (χ4n) is 3.15. The lowest BCUT2D eigenvalue weighted by Crippen LogP contribution is -2.33. The Kier molecular flexibility index (Phi) is 6.75. The topological polar surface area (TPSA) is 37.4 Å². The first-order valence-corrected chi connectivity index (χ1v) is 10.3. The number of amides is 1.